The van der Waals surface area contributed by atoms with Crippen molar-refractivity contribution in [3.8, 4) is 0 Å². The van der Waals surface area contributed by atoms with E-state index in [1.807, 2.05) is 12.1 Å². The van der Waals surface area contributed by atoms with Crippen molar-refractivity contribution in [3.63, 3.8) is 0 Å². The molecule has 1 unspecified atom stereocenters. The van der Waals surface area contributed by atoms with E-state index in [1.54, 1.807) is 19.1 Å². The molecule has 38 heavy (non-hydrogen) atoms. The number of hydrogen-bond donors (Lipinski definition) is 1. The van der Waals surface area contributed by atoms with Crippen molar-refractivity contribution in [1.82, 2.24) is 5.32 Å². The largest absolute Gasteiger partial charge is 0.354 e. The van der Waals surface area contributed by atoms with Crippen LogP contribution in [0.1, 0.15) is 59.9 Å². The number of allylic oxidation sites excluding steroid dienone is 10. The topological polar surface area (TPSA) is 46.2 Å². The van der Waals surface area contributed by atoms with E-state index >= 15 is 0 Å². The van der Waals surface area contributed by atoms with Gasteiger partial charge in [0.25, 0.3) is 0 Å². The molecular formula is C34H40FNO2. The predicted octanol–water partition coefficient (Wildman–Crippen LogP) is 7.24. The van der Waals surface area contributed by atoms with Gasteiger partial charge in [0.05, 0.1) is 0 Å². The van der Waals surface area contributed by atoms with Gasteiger partial charge in [-0.25, -0.2) is 4.39 Å². The minimum absolute atomic E-state index is 0. The van der Waals surface area contributed by atoms with E-state index in [4.69, 9.17) is 0 Å². The summed E-state index contributed by atoms with van der Waals surface area (Å²) in [6.07, 6.45) is 18.2. The van der Waals surface area contributed by atoms with E-state index in [2.05, 4.69) is 49.5 Å². The van der Waals surface area contributed by atoms with Crippen LogP contribution in [0.3, 0.4) is 0 Å². The van der Waals surface area contributed by atoms with E-state index in [0.717, 1.165) is 43.2 Å². The number of fused-ring (bicyclic) bond motifs is 2. The number of amides is 1. The molecule has 0 saturated heterocycles. The molecule has 1 aromatic rings. The van der Waals surface area contributed by atoms with Gasteiger partial charge in [0, 0.05) is 25.9 Å². The number of carbonyl (C=O) groups is 2. The molecule has 1 amide bonds. The highest BCUT2D eigenvalue weighted by Crippen LogP contribution is 2.57. The van der Waals surface area contributed by atoms with Crippen molar-refractivity contribution in [2.45, 2.75) is 58.9 Å². The van der Waals surface area contributed by atoms with Crippen molar-refractivity contribution in [2.75, 3.05) is 0 Å². The number of nitrogens with one attached hydrogen (secondary N) is 1. The molecule has 5 aliphatic carbocycles. The number of rotatable bonds is 4. The average Bonchev–Trinajstić information content (AvgIpc) is 2.84. The lowest BCUT2D eigenvalue weighted by Crippen LogP contribution is -2.52. The van der Waals surface area contributed by atoms with Gasteiger partial charge in [-0.3, -0.25) is 9.59 Å². The lowest BCUT2D eigenvalue weighted by Gasteiger charge is -2.54. The summed E-state index contributed by atoms with van der Waals surface area (Å²) in [6.45, 7) is 6.14. The summed E-state index contributed by atoms with van der Waals surface area (Å²) < 4.78 is 13.8. The molecule has 200 valence electrons. The minimum Gasteiger partial charge on any atom is -0.354 e. The predicted molar refractivity (Wildman–Crippen MR) is 151 cm³/mol. The number of halogens is 1. The molecular weight excluding hydrogens is 473 g/mol. The second-order valence-electron chi connectivity index (χ2n) is 12.3. The summed E-state index contributed by atoms with van der Waals surface area (Å²) in [7, 11) is 0. The maximum Gasteiger partial charge on any atom is 0.217 e. The standard InChI is InChI=1S/C34H38FNO2.H2/c1-19-15-22(7-10-27(19)23-5-4-6-25(35)16-23)8-11-30-29-12-9-26(36-21(3)37)17-24(29)18-32-33(30)20(2)28-13-14-31(28)34(32)38;/h4-8,10-11,13-14,16,19-20,24,26,29-30,32-33H,9,12,15,17-18H2,1-3H3,(H,36,37);1H/b11-8+;/t19?,20-,24-,26+,29+,30+,32+,33-;/m1./s1. The molecule has 0 radical (unpaired) electrons. The fraction of sp³-hybridized carbons (Fsp3) is 0.471. The van der Waals surface area contributed by atoms with Crippen molar-refractivity contribution in [1.29, 1.82) is 0 Å². The molecule has 6 rings (SSSR count). The normalized spacial score (nSPS) is 36.1. The zero-order valence-electron chi connectivity index (χ0n) is 22.6. The van der Waals surface area contributed by atoms with E-state index < -0.39 is 0 Å². The van der Waals surface area contributed by atoms with Crippen LogP contribution in [0.15, 0.2) is 77.4 Å². The Balaban J connectivity index is 0.00000308. The van der Waals surface area contributed by atoms with Gasteiger partial charge in [-0.05, 0) is 102 Å². The van der Waals surface area contributed by atoms with Crippen LogP contribution in [0.2, 0.25) is 0 Å². The molecule has 2 fully saturated rings. The van der Waals surface area contributed by atoms with Crippen molar-refractivity contribution in [3.05, 3.63) is 88.8 Å². The Morgan fingerprint density at radius 3 is 2.68 bits per heavy atom. The Morgan fingerprint density at radius 1 is 1.13 bits per heavy atom. The highest BCUT2D eigenvalue weighted by molar-refractivity contribution is 6.04. The Morgan fingerprint density at radius 2 is 1.97 bits per heavy atom. The van der Waals surface area contributed by atoms with Gasteiger partial charge in [0.2, 0.25) is 5.91 Å². The summed E-state index contributed by atoms with van der Waals surface area (Å²) >= 11 is 0. The van der Waals surface area contributed by atoms with Crippen LogP contribution in [-0.2, 0) is 9.59 Å². The summed E-state index contributed by atoms with van der Waals surface area (Å²) in [5.74, 6) is 2.64. The highest BCUT2D eigenvalue weighted by atomic mass is 19.1. The van der Waals surface area contributed by atoms with Gasteiger partial charge in [0.15, 0.2) is 5.78 Å². The molecule has 0 spiro atoms. The first-order valence-corrected chi connectivity index (χ1v) is 14.4. The third-order valence-corrected chi connectivity index (χ3v) is 10.1. The summed E-state index contributed by atoms with van der Waals surface area (Å²) in [4.78, 5) is 25.3. The number of benzene rings is 1. The van der Waals surface area contributed by atoms with E-state index in [9.17, 15) is 14.0 Å². The van der Waals surface area contributed by atoms with E-state index in [1.165, 1.54) is 22.8 Å². The number of Topliss-reactive ketones (excluding diaryl/α,β-unsaturated/α-hetero) is 1. The van der Waals surface area contributed by atoms with Crippen LogP contribution in [0.5, 0.6) is 0 Å². The van der Waals surface area contributed by atoms with Crippen LogP contribution in [0.25, 0.3) is 5.57 Å². The van der Waals surface area contributed by atoms with Crippen molar-refractivity contribution in [2.24, 2.45) is 41.4 Å². The van der Waals surface area contributed by atoms with Crippen LogP contribution >= 0.6 is 0 Å². The van der Waals surface area contributed by atoms with E-state index in [-0.39, 0.29) is 25.1 Å². The Labute approximate surface area is 227 Å². The van der Waals surface area contributed by atoms with Crippen molar-refractivity contribution >= 4 is 17.3 Å². The zero-order valence-corrected chi connectivity index (χ0v) is 22.6. The van der Waals surface area contributed by atoms with Gasteiger partial charge in [-0.2, -0.15) is 0 Å². The lowest BCUT2D eigenvalue weighted by atomic mass is 9.50. The Bertz CT molecular complexity index is 1320. The summed E-state index contributed by atoms with van der Waals surface area (Å²) in [6, 6.07) is 7.09. The quantitative estimate of drug-likeness (QED) is 0.461. The third-order valence-electron chi connectivity index (χ3n) is 10.1. The Hall–Kier alpha value is -3.01. The highest BCUT2D eigenvalue weighted by Gasteiger charge is 2.53. The molecule has 2 saturated carbocycles. The summed E-state index contributed by atoms with van der Waals surface area (Å²) in [5.41, 5.74) is 5.65. The minimum atomic E-state index is -0.198. The number of hydrogen-bond acceptors (Lipinski definition) is 2. The van der Waals surface area contributed by atoms with Gasteiger partial charge < -0.3 is 5.32 Å². The first kappa shape index (κ1) is 25.3. The molecule has 0 aliphatic heterocycles. The average molecular weight is 514 g/mol. The maximum absolute atomic E-state index is 13.8. The molecule has 8 atom stereocenters. The third kappa shape index (κ3) is 4.46. The monoisotopic (exact) mass is 513 g/mol. The zero-order chi connectivity index (χ0) is 26.6. The SMILES string of the molecule is CC(=O)N[C@H]1CC[C@H]2[C@H](C1)C[C@@H]1C(=O)C3=C(C=C3)[C@@H](C)[C@@H]1[C@H]2/C=C/C1=CC=C(c2cccc(F)c2)C(C)C1.[HH]. The first-order chi connectivity index (χ1) is 18.3. The second kappa shape index (κ2) is 9.94. The molecule has 1 N–H and O–H groups in total. The second-order valence-corrected chi connectivity index (χ2v) is 12.3. The molecule has 0 bridgehead atoms. The van der Waals surface area contributed by atoms with Gasteiger partial charge >= 0.3 is 0 Å². The summed E-state index contributed by atoms with van der Waals surface area (Å²) in [5, 5.41) is 3.16. The van der Waals surface area contributed by atoms with Crippen LogP contribution in [0.4, 0.5) is 4.39 Å². The number of carbonyl (C=O) groups excluding carboxylic acids is 2. The first-order valence-electron chi connectivity index (χ1n) is 14.4. The van der Waals surface area contributed by atoms with E-state index in [0.29, 0.717) is 41.3 Å². The molecule has 5 aliphatic rings. The lowest BCUT2D eigenvalue weighted by molar-refractivity contribution is -0.128. The Kier molecular flexibility index (Phi) is 6.62. The molecule has 0 aromatic heterocycles. The molecule has 1 aromatic carbocycles. The maximum atomic E-state index is 13.8. The number of ketones is 1. The van der Waals surface area contributed by atoms with Gasteiger partial charge in [0.1, 0.15) is 5.82 Å². The fourth-order valence-corrected chi connectivity index (χ4v) is 8.35. The molecule has 3 nitrogen and oxygen atoms in total. The molecule has 4 heteroatoms. The van der Waals surface area contributed by atoms with Crippen molar-refractivity contribution < 1.29 is 15.4 Å². The fourth-order valence-electron chi connectivity index (χ4n) is 8.35. The smallest absolute Gasteiger partial charge is 0.217 e. The van der Waals surface area contributed by atoms with Crippen LogP contribution in [0, 0.1) is 47.2 Å². The van der Waals surface area contributed by atoms with Crippen LogP contribution in [-0.4, -0.2) is 17.7 Å². The van der Waals surface area contributed by atoms with Gasteiger partial charge in [-0.15, -0.1) is 0 Å². The van der Waals surface area contributed by atoms with Crippen LogP contribution < -0.4 is 5.32 Å². The van der Waals surface area contributed by atoms with Gasteiger partial charge in [-0.1, -0.05) is 62.4 Å². The molecule has 0 heterocycles.